The first-order valence-electron chi connectivity index (χ1n) is 8.11. The first kappa shape index (κ1) is 15.8. The van der Waals surface area contributed by atoms with Crippen LogP contribution in [0.15, 0.2) is 30.3 Å². The van der Waals surface area contributed by atoms with Crippen molar-refractivity contribution in [2.75, 3.05) is 26.2 Å². The minimum Gasteiger partial charge on any atom is -0.465 e. The second kappa shape index (κ2) is 6.58. The van der Waals surface area contributed by atoms with E-state index in [4.69, 9.17) is 5.11 Å². The first-order chi connectivity index (χ1) is 11.1. The van der Waals surface area contributed by atoms with Crippen LogP contribution in [-0.4, -0.2) is 54.2 Å². The van der Waals surface area contributed by atoms with E-state index in [9.17, 15) is 9.59 Å². The normalized spacial score (nSPS) is 20.6. The Bertz CT molecular complexity index is 562. The molecule has 6 heteroatoms. The predicted octanol–water partition coefficient (Wildman–Crippen LogP) is 1.08. The van der Waals surface area contributed by atoms with E-state index in [-0.39, 0.29) is 5.91 Å². The zero-order valence-corrected chi connectivity index (χ0v) is 13.1. The van der Waals surface area contributed by atoms with Gasteiger partial charge >= 0.3 is 6.09 Å². The van der Waals surface area contributed by atoms with Gasteiger partial charge in [0, 0.05) is 32.6 Å². The number of carbonyl (C=O) groups is 2. The smallest absolute Gasteiger partial charge is 0.405 e. The van der Waals surface area contributed by atoms with Crippen molar-refractivity contribution in [3.8, 4) is 0 Å². The number of carboxylic acid groups (broad SMARTS) is 1. The van der Waals surface area contributed by atoms with Crippen molar-refractivity contribution in [3.05, 3.63) is 35.9 Å². The van der Waals surface area contributed by atoms with Crippen LogP contribution in [0.5, 0.6) is 0 Å². The van der Waals surface area contributed by atoms with E-state index in [0.29, 0.717) is 24.9 Å². The van der Waals surface area contributed by atoms with Crippen LogP contribution in [0, 0.1) is 5.41 Å². The summed E-state index contributed by atoms with van der Waals surface area (Å²) in [5, 5.41) is 14.7. The average molecular weight is 317 g/mol. The number of benzene rings is 1. The number of nitrogens with one attached hydrogen (secondary N) is 2. The highest BCUT2D eigenvalue weighted by Crippen LogP contribution is 2.35. The van der Waals surface area contributed by atoms with Gasteiger partial charge in [0.1, 0.15) is 6.04 Å². The van der Waals surface area contributed by atoms with Gasteiger partial charge in [0.2, 0.25) is 5.91 Å². The number of rotatable bonds is 4. The minimum absolute atomic E-state index is 0.113. The van der Waals surface area contributed by atoms with Crippen molar-refractivity contribution in [2.24, 2.45) is 5.41 Å². The summed E-state index contributed by atoms with van der Waals surface area (Å²) in [5.74, 6) is -0.113. The Morgan fingerprint density at radius 1 is 1.22 bits per heavy atom. The van der Waals surface area contributed by atoms with Gasteiger partial charge in [0.05, 0.1) is 0 Å². The van der Waals surface area contributed by atoms with Crippen LogP contribution >= 0.6 is 0 Å². The van der Waals surface area contributed by atoms with E-state index in [2.05, 4.69) is 10.6 Å². The summed E-state index contributed by atoms with van der Waals surface area (Å²) >= 11 is 0. The molecule has 1 atom stereocenters. The minimum atomic E-state index is -1.16. The molecule has 2 heterocycles. The molecule has 1 spiro atoms. The van der Waals surface area contributed by atoms with E-state index in [1.807, 2.05) is 35.2 Å². The summed E-state index contributed by atoms with van der Waals surface area (Å²) in [4.78, 5) is 25.6. The Morgan fingerprint density at radius 2 is 1.87 bits per heavy atom. The SMILES string of the molecule is O=C(O)NC(Cc1ccccc1)C(=O)N1CCC2(CC1)CNC2. The van der Waals surface area contributed by atoms with Crippen molar-refractivity contribution in [2.45, 2.75) is 25.3 Å². The predicted molar refractivity (Wildman–Crippen MR) is 86.2 cm³/mol. The number of hydrogen-bond donors (Lipinski definition) is 3. The Hall–Kier alpha value is -2.08. The van der Waals surface area contributed by atoms with Gasteiger partial charge in [-0.25, -0.2) is 4.79 Å². The zero-order valence-electron chi connectivity index (χ0n) is 13.1. The standard InChI is InChI=1S/C17H23N3O3/c21-15(20-8-6-17(7-9-20)11-18-12-17)14(19-16(22)23)10-13-4-2-1-3-5-13/h1-5,14,18-19H,6-12H2,(H,22,23). The Balaban J connectivity index is 1.64. The lowest BCUT2D eigenvalue weighted by molar-refractivity contribution is -0.136. The monoisotopic (exact) mass is 317 g/mol. The maximum absolute atomic E-state index is 12.7. The molecule has 0 saturated carbocycles. The van der Waals surface area contributed by atoms with Gasteiger partial charge in [-0.15, -0.1) is 0 Å². The highest BCUT2D eigenvalue weighted by molar-refractivity contribution is 5.85. The average Bonchev–Trinajstić information content (AvgIpc) is 2.53. The topological polar surface area (TPSA) is 81.7 Å². The fraction of sp³-hybridized carbons (Fsp3) is 0.529. The third kappa shape index (κ3) is 3.64. The van der Waals surface area contributed by atoms with Crippen LogP contribution in [0.4, 0.5) is 4.79 Å². The lowest BCUT2D eigenvalue weighted by Gasteiger charge is -2.48. The molecule has 2 amide bonds. The first-order valence-corrected chi connectivity index (χ1v) is 8.11. The third-order valence-corrected chi connectivity index (χ3v) is 5.01. The van der Waals surface area contributed by atoms with Gasteiger partial charge < -0.3 is 20.6 Å². The van der Waals surface area contributed by atoms with E-state index >= 15 is 0 Å². The molecule has 0 bridgehead atoms. The fourth-order valence-electron chi connectivity index (χ4n) is 3.45. The third-order valence-electron chi connectivity index (χ3n) is 5.01. The maximum atomic E-state index is 12.7. The van der Waals surface area contributed by atoms with Crippen LogP contribution in [0.1, 0.15) is 18.4 Å². The Labute approximate surface area is 135 Å². The van der Waals surface area contributed by atoms with Crippen molar-refractivity contribution in [1.29, 1.82) is 0 Å². The number of hydrogen-bond acceptors (Lipinski definition) is 3. The number of carbonyl (C=O) groups excluding carboxylic acids is 1. The molecule has 0 aliphatic carbocycles. The number of amides is 2. The summed E-state index contributed by atoms with van der Waals surface area (Å²) in [6.45, 7) is 3.51. The quantitative estimate of drug-likeness (QED) is 0.776. The van der Waals surface area contributed by atoms with Crippen molar-refractivity contribution >= 4 is 12.0 Å². The molecule has 0 radical (unpaired) electrons. The van der Waals surface area contributed by atoms with Gasteiger partial charge in [-0.3, -0.25) is 4.79 Å². The molecule has 124 valence electrons. The molecule has 1 aromatic rings. The highest BCUT2D eigenvalue weighted by atomic mass is 16.4. The summed E-state index contributed by atoms with van der Waals surface area (Å²) < 4.78 is 0. The molecule has 1 aromatic carbocycles. The van der Waals surface area contributed by atoms with Crippen LogP contribution in [-0.2, 0) is 11.2 Å². The second-order valence-electron chi connectivity index (χ2n) is 6.62. The van der Waals surface area contributed by atoms with E-state index in [0.717, 1.165) is 31.5 Å². The van der Waals surface area contributed by atoms with Crippen molar-refractivity contribution in [3.63, 3.8) is 0 Å². The molecule has 2 fully saturated rings. The largest absolute Gasteiger partial charge is 0.465 e. The summed E-state index contributed by atoms with van der Waals surface area (Å²) in [6.07, 6.45) is 1.22. The highest BCUT2D eigenvalue weighted by Gasteiger charge is 2.41. The van der Waals surface area contributed by atoms with E-state index < -0.39 is 12.1 Å². The Kier molecular flexibility index (Phi) is 4.52. The Morgan fingerprint density at radius 3 is 2.39 bits per heavy atom. The molecule has 3 N–H and O–H groups in total. The zero-order chi connectivity index (χ0) is 16.3. The van der Waals surface area contributed by atoms with E-state index in [1.165, 1.54) is 0 Å². The fourth-order valence-corrected chi connectivity index (χ4v) is 3.45. The molecule has 23 heavy (non-hydrogen) atoms. The summed E-state index contributed by atoms with van der Waals surface area (Å²) in [7, 11) is 0. The van der Waals surface area contributed by atoms with Gasteiger partial charge in [-0.2, -0.15) is 0 Å². The molecular weight excluding hydrogens is 294 g/mol. The van der Waals surface area contributed by atoms with Crippen LogP contribution in [0.3, 0.4) is 0 Å². The molecule has 2 aliphatic heterocycles. The van der Waals surface area contributed by atoms with Crippen LogP contribution in [0.2, 0.25) is 0 Å². The van der Waals surface area contributed by atoms with Gasteiger partial charge in [-0.1, -0.05) is 30.3 Å². The molecular formula is C17H23N3O3. The summed E-state index contributed by atoms with van der Waals surface area (Å²) in [6, 6.07) is 8.80. The second-order valence-corrected chi connectivity index (χ2v) is 6.62. The van der Waals surface area contributed by atoms with Gasteiger partial charge in [-0.05, 0) is 23.8 Å². The van der Waals surface area contributed by atoms with Gasteiger partial charge in [0.15, 0.2) is 0 Å². The van der Waals surface area contributed by atoms with Crippen molar-refractivity contribution in [1.82, 2.24) is 15.5 Å². The van der Waals surface area contributed by atoms with Crippen LogP contribution in [0.25, 0.3) is 0 Å². The van der Waals surface area contributed by atoms with E-state index in [1.54, 1.807) is 0 Å². The number of piperidine rings is 1. The van der Waals surface area contributed by atoms with Crippen LogP contribution < -0.4 is 10.6 Å². The maximum Gasteiger partial charge on any atom is 0.405 e. The molecule has 3 rings (SSSR count). The van der Waals surface area contributed by atoms with Gasteiger partial charge in [0.25, 0.3) is 0 Å². The number of nitrogens with zero attached hydrogens (tertiary/aromatic N) is 1. The molecule has 0 aromatic heterocycles. The molecule has 1 unspecified atom stereocenters. The summed E-state index contributed by atoms with van der Waals surface area (Å²) in [5.41, 5.74) is 1.32. The molecule has 2 saturated heterocycles. The molecule has 6 nitrogen and oxygen atoms in total. The molecule has 2 aliphatic rings. The van der Waals surface area contributed by atoms with Crippen molar-refractivity contribution < 1.29 is 14.7 Å². The lowest BCUT2D eigenvalue weighted by Crippen LogP contribution is -2.60. The lowest BCUT2D eigenvalue weighted by atomic mass is 9.73. The number of likely N-dealkylation sites (tertiary alicyclic amines) is 1.